The van der Waals surface area contributed by atoms with E-state index in [9.17, 15) is 14.4 Å². The molecule has 0 saturated carbocycles. The maximum atomic E-state index is 13.5. The Morgan fingerprint density at radius 3 is 2.29 bits per heavy atom. The summed E-state index contributed by atoms with van der Waals surface area (Å²) in [6.45, 7) is 15.6. The summed E-state index contributed by atoms with van der Waals surface area (Å²) in [4.78, 5) is 40.6. The molecule has 1 atom stereocenters. The molecular weight excluding hydrogens is 448 g/mol. The molecule has 7 nitrogen and oxygen atoms in total. The van der Waals surface area contributed by atoms with Crippen LogP contribution in [-0.2, 0) is 14.1 Å². The van der Waals surface area contributed by atoms with Crippen LogP contribution in [-0.4, -0.2) is 62.0 Å². The number of ether oxygens (including phenoxy) is 1. The summed E-state index contributed by atoms with van der Waals surface area (Å²) in [7, 11) is -1.16. The Balaban J connectivity index is 1.76. The van der Waals surface area contributed by atoms with Crippen molar-refractivity contribution in [2.75, 3.05) is 19.7 Å². The number of nitrogens with zero attached hydrogens (tertiary/aromatic N) is 2. The topological polar surface area (TPSA) is 76.2 Å². The molecule has 1 saturated heterocycles. The quantitative estimate of drug-likeness (QED) is 0.158. The van der Waals surface area contributed by atoms with Crippen LogP contribution in [0.2, 0.25) is 13.1 Å². The van der Waals surface area contributed by atoms with Crippen LogP contribution in [0.5, 0.6) is 0 Å². The predicted octanol–water partition coefficient (Wildman–Crippen LogP) is 4.62. The van der Waals surface area contributed by atoms with E-state index in [1.165, 1.54) is 4.90 Å². The summed E-state index contributed by atoms with van der Waals surface area (Å²) in [6, 6.07) is 6.76. The molecule has 2 heterocycles. The molecule has 0 N–H and O–H groups in total. The fraction of sp³-hybridized carbons (Fsp3) is 0.577. The van der Waals surface area contributed by atoms with E-state index >= 15 is 0 Å². The second-order valence-corrected chi connectivity index (χ2v) is 12.6. The number of carbonyl (C=O) groups is 3. The van der Waals surface area contributed by atoms with E-state index in [0.29, 0.717) is 36.3 Å². The summed E-state index contributed by atoms with van der Waals surface area (Å²) < 4.78 is 11.9. The lowest BCUT2D eigenvalue weighted by molar-refractivity contribution is -0.175. The summed E-state index contributed by atoms with van der Waals surface area (Å²) in [5.41, 5.74) is 0.234. The minimum absolute atomic E-state index is 0.0547. The molecule has 0 spiro atoms. The van der Waals surface area contributed by atoms with Crippen molar-refractivity contribution >= 4 is 26.8 Å². The molecule has 34 heavy (non-hydrogen) atoms. The highest BCUT2D eigenvalue weighted by Gasteiger charge is 2.53. The molecule has 1 aromatic carbocycles. The van der Waals surface area contributed by atoms with Crippen LogP contribution in [0.4, 0.5) is 0 Å². The predicted molar refractivity (Wildman–Crippen MR) is 132 cm³/mol. The minimum Gasteiger partial charge on any atom is -0.464 e. The zero-order valence-corrected chi connectivity index (χ0v) is 22.1. The van der Waals surface area contributed by atoms with E-state index in [1.807, 2.05) is 13.1 Å². The number of carbonyl (C=O) groups excluding carboxylic acids is 3. The zero-order chi connectivity index (χ0) is 25.1. The molecule has 1 radical (unpaired) electrons. The van der Waals surface area contributed by atoms with E-state index in [1.54, 1.807) is 29.3 Å². The summed E-state index contributed by atoms with van der Waals surface area (Å²) >= 11 is 0. The Kier molecular flexibility index (Phi) is 8.16. The number of rotatable bonds is 10. The smallest absolute Gasteiger partial charge is 0.333 e. The molecule has 0 aliphatic carbocycles. The van der Waals surface area contributed by atoms with Crippen LogP contribution in [0.15, 0.2) is 36.4 Å². The van der Waals surface area contributed by atoms with Crippen LogP contribution in [0, 0.1) is 5.41 Å². The molecule has 2 aliphatic rings. The van der Waals surface area contributed by atoms with Crippen molar-refractivity contribution in [2.45, 2.75) is 71.5 Å². The second kappa shape index (κ2) is 10.5. The van der Waals surface area contributed by atoms with Crippen molar-refractivity contribution in [1.29, 1.82) is 0 Å². The highest BCUT2D eigenvalue weighted by Crippen LogP contribution is 2.38. The molecular formula is C26H37N2O5Si. The normalized spacial score (nSPS) is 20.8. The van der Waals surface area contributed by atoms with Gasteiger partial charge in [0, 0.05) is 6.54 Å². The molecule has 0 bridgehead atoms. The van der Waals surface area contributed by atoms with Crippen molar-refractivity contribution < 1.29 is 23.6 Å². The molecule has 1 unspecified atom stereocenters. The van der Waals surface area contributed by atoms with Gasteiger partial charge < -0.3 is 9.26 Å². The van der Waals surface area contributed by atoms with Crippen molar-refractivity contribution in [3.05, 3.63) is 47.5 Å². The monoisotopic (exact) mass is 485 g/mol. The summed E-state index contributed by atoms with van der Waals surface area (Å²) in [6.07, 6.45) is 4.01. The number of esters is 1. The number of unbranched alkanes of at least 4 members (excludes halogenated alkanes) is 1. The molecule has 2 amide bonds. The Labute approximate surface area is 204 Å². The number of imide groups is 1. The standard InChI is InChI=1S/C26H37N2O5Si/c1-19(18-27-22(29)20-12-7-8-13-21(20)23(27)30)26(15-11-16-28(26)33-34(5)6)24(31)32-17-10-9-14-25(2,3)4/h7-8,12-13H,1,9-11,14-18H2,2-6H3. The van der Waals surface area contributed by atoms with Gasteiger partial charge in [-0.25, -0.2) is 4.79 Å². The third kappa shape index (κ3) is 5.50. The first kappa shape index (κ1) is 26.3. The Morgan fingerprint density at radius 2 is 1.74 bits per heavy atom. The molecule has 2 aliphatic heterocycles. The Morgan fingerprint density at radius 1 is 1.12 bits per heavy atom. The number of hydroxylamine groups is 2. The minimum atomic E-state index is -1.21. The third-order valence-corrected chi connectivity index (χ3v) is 6.91. The van der Waals surface area contributed by atoms with Crippen LogP contribution in [0.1, 0.15) is 73.6 Å². The fourth-order valence-electron chi connectivity index (χ4n) is 4.59. The molecule has 1 aromatic rings. The maximum absolute atomic E-state index is 13.5. The number of hydrogen-bond acceptors (Lipinski definition) is 6. The number of amides is 2. The lowest BCUT2D eigenvalue weighted by atomic mass is 9.88. The first-order valence-corrected chi connectivity index (χ1v) is 14.4. The molecule has 0 aromatic heterocycles. The molecule has 8 heteroatoms. The van der Waals surface area contributed by atoms with Crippen LogP contribution in [0.3, 0.4) is 0 Å². The van der Waals surface area contributed by atoms with Gasteiger partial charge in [-0.15, -0.1) is 0 Å². The molecule has 185 valence electrons. The van der Waals surface area contributed by atoms with Gasteiger partial charge in [-0.3, -0.25) is 14.5 Å². The van der Waals surface area contributed by atoms with Crippen molar-refractivity contribution in [1.82, 2.24) is 9.96 Å². The van der Waals surface area contributed by atoms with Gasteiger partial charge in [-0.1, -0.05) is 39.5 Å². The van der Waals surface area contributed by atoms with E-state index in [2.05, 4.69) is 27.4 Å². The average Bonchev–Trinajstić information content (AvgIpc) is 3.28. The van der Waals surface area contributed by atoms with E-state index < -0.39 is 20.5 Å². The molecule has 3 rings (SSSR count). The fourth-order valence-corrected chi connectivity index (χ4v) is 5.27. The lowest BCUT2D eigenvalue weighted by Crippen LogP contribution is -2.55. The average molecular weight is 486 g/mol. The zero-order valence-electron chi connectivity index (χ0n) is 21.1. The third-order valence-electron chi connectivity index (χ3n) is 6.32. The van der Waals surface area contributed by atoms with E-state index in [-0.39, 0.29) is 23.8 Å². The van der Waals surface area contributed by atoms with Crippen LogP contribution < -0.4 is 0 Å². The van der Waals surface area contributed by atoms with Gasteiger partial charge in [0.2, 0.25) is 9.04 Å². The van der Waals surface area contributed by atoms with Gasteiger partial charge in [-0.05, 0) is 68.3 Å². The number of benzene rings is 1. The maximum Gasteiger partial charge on any atom is 0.333 e. The molecule has 1 fully saturated rings. The summed E-state index contributed by atoms with van der Waals surface area (Å²) in [5.74, 6) is -1.15. The van der Waals surface area contributed by atoms with Gasteiger partial charge in [-0.2, -0.15) is 5.06 Å². The Bertz CT molecular complexity index is 920. The lowest BCUT2D eigenvalue weighted by Gasteiger charge is -2.38. The van der Waals surface area contributed by atoms with E-state index in [0.717, 1.165) is 25.7 Å². The van der Waals surface area contributed by atoms with Crippen LogP contribution >= 0.6 is 0 Å². The summed E-state index contributed by atoms with van der Waals surface area (Å²) in [5, 5.41) is 1.69. The van der Waals surface area contributed by atoms with Gasteiger partial charge >= 0.3 is 5.97 Å². The first-order valence-electron chi connectivity index (χ1n) is 12.0. The largest absolute Gasteiger partial charge is 0.464 e. The number of fused-ring (bicyclic) bond motifs is 1. The first-order chi connectivity index (χ1) is 16.0. The van der Waals surface area contributed by atoms with Gasteiger partial charge in [0.15, 0.2) is 5.54 Å². The SMILES string of the molecule is C=C(CN1C(=O)c2ccccc2C1=O)C1(C(=O)OCCCCC(C)(C)C)CCCN1O[Si](C)C. The van der Waals surface area contributed by atoms with Gasteiger partial charge in [0.25, 0.3) is 11.8 Å². The highest BCUT2D eigenvalue weighted by molar-refractivity contribution is 6.48. The van der Waals surface area contributed by atoms with Crippen molar-refractivity contribution in [2.24, 2.45) is 5.41 Å². The number of hydrogen-bond donors (Lipinski definition) is 0. The van der Waals surface area contributed by atoms with Crippen molar-refractivity contribution in [3.63, 3.8) is 0 Å². The highest BCUT2D eigenvalue weighted by atomic mass is 28.3. The van der Waals surface area contributed by atoms with Gasteiger partial charge in [0.1, 0.15) is 0 Å². The van der Waals surface area contributed by atoms with Crippen molar-refractivity contribution in [3.8, 4) is 0 Å². The second-order valence-electron chi connectivity index (χ2n) is 10.6. The van der Waals surface area contributed by atoms with E-state index in [4.69, 9.17) is 9.26 Å². The van der Waals surface area contributed by atoms with Gasteiger partial charge in [0.05, 0.1) is 24.3 Å². The Hall–Kier alpha value is -2.29. The van der Waals surface area contributed by atoms with Crippen LogP contribution in [0.25, 0.3) is 0 Å².